The molecule has 0 spiro atoms. The summed E-state index contributed by atoms with van der Waals surface area (Å²) in [6.07, 6.45) is 0.389. The van der Waals surface area contributed by atoms with Crippen molar-refractivity contribution >= 4 is 0 Å². The van der Waals surface area contributed by atoms with E-state index in [4.69, 9.17) is 4.74 Å². The molecule has 0 amide bonds. The predicted molar refractivity (Wildman–Crippen MR) is 49.0 cm³/mol. The molecule has 1 rings (SSSR count). The van der Waals surface area contributed by atoms with Crippen LogP contribution in [0.3, 0.4) is 0 Å². The normalized spacial score (nSPS) is 30.4. The monoisotopic (exact) mass is 170 g/mol. The Morgan fingerprint density at radius 2 is 2.17 bits per heavy atom. The smallest absolute Gasteiger partial charge is 0.118 e. The van der Waals surface area contributed by atoms with Crippen molar-refractivity contribution in [2.45, 2.75) is 38.9 Å². The number of ether oxygens (including phenoxy) is 1. The summed E-state index contributed by atoms with van der Waals surface area (Å²) >= 11 is 0. The predicted octanol–water partition coefficient (Wildman–Crippen LogP) is 1.74. The van der Waals surface area contributed by atoms with Crippen molar-refractivity contribution in [2.24, 2.45) is 5.92 Å². The van der Waals surface area contributed by atoms with Gasteiger partial charge in [-0.1, -0.05) is 20.4 Å². The van der Waals surface area contributed by atoms with Crippen LogP contribution >= 0.6 is 0 Å². The first-order valence-electron chi connectivity index (χ1n) is 4.45. The van der Waals surface area contributed by atoms with Crippen LogP contribution in [-0.2, 0) is 4.74 Å². The molecule has 12 heavy (non-hydrogen) atoms. The van der Waals surface area contributed by atoms with Crippen LogP contribution in [0.5, 0.6) is 0 Å². The third-order valence-electron chi connectivity index (χ3n) is 2.24. The van der Waals surface area contributed by atoms with Gasteiger partial charge in [0.2, 0.25) is 0 Å². The summed E-state index contributed by atoms with van der Waals surface area (Å²) in [5, 5.41) is 9.74. The van der Waals surface area contributed by atoms with E-state index in [0.717, 1.165) is 12.0 Å². The van der Waals surface area contributed by atoms with Crippen molar-refractivity contribution < 1.29 is 9.84 Å². The molecule has 1 saturated heterocycles. The Kier molecular flexibility index (Phi) is 2.59. The fraction of sp³-hybridized carbons (Fsp3) is 0.800. The summed E-state index contributed by atoms with van der Waals surface area (Å²) in [5.74, 6) is 0.550. The lowest BCUT2D eigenvalue weighted by Crippen LogP contribution is -2.28. The Morgan fingerprint density at radius 3 is 2.50 bits per heavy atom. The number of aliphatic hydroxyl groups is 1. The average Bonchev–Trinajstić information content (AvgIpc) is 2.66. The van der Waals surface area contributed by atoms with Gasteiger partial charge in [0.15, 0.2) is 0 Å². The van der Waals surface area contributed by atoms with Crippen molar-refractivity contribution in [3.63, 3.8) is 0 Å². The van der Waals surface area contributed by atoms with Gasteiger partial charge in [0, 0.05) is 0 Å². The molecule has 1 aliphatic rings. The highest BCUT2D eigenvalue weighted by Gasteiger charge is 2.47. The van der Waals surface area contributed by atoms with Crippen molar-refractivity contribution in [2.75, 3.05) is 6.61 Å². The molecule has 70 valence electrons. The van der Waals surface area contributed by atoms with Gasteiger partial charge < -0.3 is 9.84 Å². The highest BCUT2D eigenvalue weighted by atomic mass is 16.6. The average molecular weight is 170 g/mol. The lowest BCUT2D eigenvalue weighted by Gasteiger charge is -2.18. The van der Waals surface area contributed by atoms with Gasteiger partial charge in [-0.25, -0.2) is 0 Å². The van der Waals surface area contributed by atoms with Crippen LogP contribution in [0.25, 0.3) is 0 Å². The standard InChI is InChI=1S/C10H18O2/c1-7(2)5-8(3)9(11)10(4)6-12-10/h7,9,11H,3,5-6H2,1-2,4H3/t9-,10+/m0/s1. The largest absolute Gasteiger partial charge is 0.386 e. The third-order valence-corrected chi connectivity index (χ3v) is 2.24. The molecule has 1 heterocycles. The van der Waals surface area contributed by atoms with E-state index in [9.17, 15) is 5.11 Å². The zero-order valence-corrected chi connectivity index (χ0v) is 8.13. The van der Waals surface area contributed by atoms with Gasteiger partial charge in [0.05, 0.1) is 6.61 Å². The number of aliphatic hydroxyl groups excluding tert-OH is 1. The van der Waals surface area contributed by atoms with Gasteiger partial charge in [-0.05, 0) is 24.8 Å². The minimum Gasteiger partial charge on any atom is -0.386 e. The van der Waals surface area contributed by atoms with E-state index in [-0.39, 0.29) is 5.60 Å². The second-order valence-electron chi connectivity index (χ2n) is 4.26. The molecule has 1 aliphatic heterocycles. The lowest BCUT2D eigenvalue weighted by atomic mass is 9.93. The lowest BCUT2D eigenvalue weighted by molar-refractivity contribution is 0.110. The molecule has 0 aromatic carbocycles. The fourth-order valence-electron chi connectivity index (χ4n) is 1.34. The van der Waals surface area contributed by atoms with Gasteiger partial charge in [0.1, 0.15) is 11.7 Å². The van der Waals surface area contributed by atoms with Crippen molar-refractivity contribution in [1.82, 2.24) is 0 Å². The highest BCUT2D eigenvalue weighted by Crippen LogP contribution is 2.34. The Morgan fingerprint density at radius 1 is 1.67 bits per heavy atom. The van der Waals surface area contributed by atoms with E-state index in [0.29, 0.717) is 12.5 Å². The summed E-state index contributed by atoms with van der Waals surface area (Å²) in [5.41, 5.74) is 0.566. The Bertz CT molecular complexity index is 180. The van der Waals surface area contributed by atoms with Crippen LogP contribution in [0, 0.1) is 5.92 Å². The van der Waals surface area contributed by atoms with Crippen LogP contribution in [0.1, 0.15) is 27.2 Å². The van der Waals surface area contributed by atoms with Gasteiger partial charge in [0.25, 0.3) is 0 Å². The molecule has 0 aliphatic carbocycles. The van der Waals surface area contributed by atoms with E-state index >= 15 is 0 Å². The van der Waals surface area contributed by atoms with Crippen molar-refractivity contribution in [1.29, 1.82) is 0 Å². The molecular weight excluding hydrogens is 152 g/mol. The van der Waals surface area contributed by atoms with Crippen LogP contribution in [-0.4, -0.2) is 23.4 Å². The molecule has 0 radical (unpaired) electrons. The highest BCUT2D eigenvalue weighted by molar-refractivity contribution is 5.13. The molecule has 0 aromatic rings. The molecule has 2 heteroatoms. The molecule has 0 saturated carbocycles. The second kappa shape index (κ2) is 3.19. The van der Waals surface area contributed by atoms with Gasteiger partial charge >= 0.3 is 0 Å². The second-order valence-corrected chi connectivity index (χ2v) is 4.26. The topological polar surface area (TPSA) is 32.8 Å². The van der Waals surface area contributed by atoms with E-state index < -0.39 is 6.10 Å². The van der Waals surface area contributed by atoms with Crippen LogP contribution < -0.4 is 0 Å². The minimum atomic E-state index is -0.486. The summed E-state index contributed by atoms with van der Waals surface area (Å²) in [7, 11) is 0. The number of epoxide rings is 1. The first-order valence-corrected chi connectivity index (χ1v) is 4.45. The summed E-state index contributed by atoms with van der Waals surface area (Å²) in [6, 6.07) is 0. The molecule has 1 fully saturated rings. The molecule has 1 N–H and O–H groups in total. The van der Waals surface area contributed by atoms with Gasteiger partial charge in [-0.15, -0.1) is 0 Å². The quantitative estimate of drug-likeness (QED) is 0.515. The number of rotatable bonds is 4. The maximum Gasteiger partial charge on any atom is 0.118 e. The SMILES string of the molecule is C=C(CC(C)C)[C@H](O)[C@@]1(C)CO1. The first-order chi connectivity index (χ1) is 5.46. The molecule has 0 unspecified atom stereocenters. The van der Waals surface area contributed by atoms with Crippen LogP contribution in [0.15, 0.2) is 12.2 Å². The summed E-state index contributed by atoms with van der Waals surface area (Å²) in [6.45, 7) is 10.7. The summed E-state index contributed by atoms with van der Waals surface area (Å²) in [4.78, 5) is 0. The molecule has 2 atom stereocenters. The van der Waals surface area contributed by atoms with E-state index in [1.165, 1.54) is 0 Å². The van der Waals surface area contributed by atoms with Gasteiger partial charge in [-0.3, -0.25) is 0 Å². The first kappa shape index (κ1) is 9.75. The Balaban J connectivity index is 2.42. The molecule has 2 nitrogen and oxygen atoms in total. The Labute approximate surface area is 74.2 Å². The Hall–Kier alpha value is -0.340. The zero-order valence-electron chi connectivity index (χ0n) is 8.13. The summed E-state index contributed by atoms with van der Waals surface area (Å²) < 4.78 is 5.15. The third kappa shape index (κ3) is 2.08. The van der Waals surface area contributed by atoms with E-state index in [2.05, 4.69) is 20.4 Å². The maximum absolute atomic E-state index is 9.74. The maximum atomic E-state index is 9.74. The molecular formula is C10H18O2. The van der Waals surface area contributed by atoms with Crippen LogP contribution in [0.4, 0.5) is 0 Å². The fourth-order valence-corrected chi connectivity index (χ4v) is 1.34. The van der Waals surface area contributed by atoms with E-state index in [1.807, 2.05) is 6.92 Å². The zero-order chi connectivity index (χ0) is 9.35. The van der Waals surface area contributed by atoms with Gasteiger partial charge in [-0.2, -0.15) is 0 Å². The van der Waals surface area contributed by atoms with Crippen molar-refractivity contribution in [3.8, 4) is 0 Å². The van der Waals surface area contributed by atoms with Crippen molar-refractivity contribution in [3.05, 3.63) is 12.2 Å². The number of hydrogen-bond donors (Lipinski definition) is 1. The minimum absolute atomic E-state index is 0.327. The van der Waals surface area contributed by atoms with E-state index in [1.54, 1.807) is 0 Å². The molecule has 0 aromatic heterocycles. The molecule has 0 bridgehead atoms. The van der Waals surface area contributed by atoms with Crippen LogP contribution in [0.2, 0.25) is 0 Å². The number of hydrogen-bond acceptors (Lipinski definition) is 2.